The van der Waals surface area contributed by atoms with Gasteiger partial charge in [-0.2, -0.15) is 0 Å². The molecule has 4 rings (SSSR count). The average Bonchev–Trinajstić information content (AvgIpc) is 3.18. The number of aromatic nitrogens is 2. The van der Waals surface area contributed by atoms with E-state index < -0.39 is 10.0 Å². The first kappa shape index (κ1) is 17.7. The molecule has 8 heteroatoms. The van der Waals surface area contributed by atoms with E-state index in [9.17, 15) is 8.42 Å². The van der Waals surface area contributed by atoms with Gasteiger partial charge in [0.25, 0.3) is 10.0 Å². The van der Waals surface area contributed by atoms with E-state index in [0.717, 1.165) is 20.8 Å². The molecule has 2 aromatic carbocycles. The highest BCUT2D eigenvalue weighted by molar-refractivity contribution is 7.92. The molecule has 6 nitrogen and oxygen atoms in total. The summed E-state index contributed by atoms with van der Waals surface area (Å²) in [5.41, 5.74) is 3.90. The lowest BCUT2D eigenvalue weighted by atomic mass is 10.2. The highest BCUT2D eigenvalue weighted by atomic mass is 32.2. The van der Waals surface area contributed by atoms with E-state index in [0.29, 0.717) is 11.4 Å². The summed E-state index contributed by atoms with van der Waals surface area (Å²) in [5, 5.41) is 4.60. The van der Waals surface area contributed by atoms with Crippen LogP contribution in [-0.4, -0.2) is 18.6 Å². The van der Waals surface area contributed by atoms with Crippen LogP contribution in [0.4, 0.5) is 5.69 Å². The number of anilines is 1. The van der Waals surface area contributed by atoms with Crippen LogP contribution in [0.2, 0.25) is 0 Å². The number of nitrogens with zero attached hydrogens (tertiary/aromatic N) is 2. The van der Waals surface area contributed by atoms with Crippen molar-refractivity contribution in [3.63, 3.8) is 0 Å². The molecule has 4 aromatic rings. The zero-order valence-electron chi connectivity index (χ0n) is 15.0. The molecule has 0 amide bonds. The first-order chi connectivity index (χ1) is 12.8. The van der Waals surface area contributed by atoms with E-state index in [1.807, 2.05) is 24.3 Å². The largest absolute Gasteiger partial charge is 0.360 e. The number of hydrogen-bond donors (Lipinski definition) is 1. The highest BCUT2D eigenvalue weighted by Crippen LogP contribution is 2.31. The molecule has 0 unspecified atom stereocenters. The molecule has 27 heavy (non-hydrogen) atoms. The van der Waals surface area contributed by atoms with Crippen molar-refractivity contribution < 1.29 is 12.9 Å². The van der Waals surface area contributed by atoms with Crippen LogP contribution < -0.4 is 4.72 Å². The number of thiazole rings is 1. The van der Waals surface area contributed by atoms with Crippen LogP contribution in [0.25, 0.3) is 20.8 Å². The van der Waals surface area contributed by atoms with Crippen molar-refractivity contribution in [2.24, 2.45) is 0 Å². The Balaban J connectivity index is 1.62. The second kappa shape index (κ2) is 6.47. The molecule has 0 radical (unpaired) electrons. The Morgan fingerprint density at radius 3 is 2.44 bits per heavy atom. The SMILES string of the molecule is Cc1ccc2nc(-c3ccc(NS(=O)(=O)c4c(C)noc4C)cc3)sc2c1. The lowest BCUT2D eigenvalue weighted by molar-refractivity contribution is 0.390. The molecule has 0 aliphatic rings. The van der Waals surface area contributed by atoms with Gasteiger partial charge in [0.2, 0.25) is 0 Å². The zero-order chi connectivity index (χ0) is 19.2. The Bertz CT molecular complexity index is 1220. The molecule has 0 atom stereocenters. The predicted molar refractivity (Wildman–Crippen MR) is 107 cm³/mol. The standard InChI is InChI=1S/C19H17N3O3S2/c1-11-4-9-16-17(10-11)26-19(20-16)14-5-7-15(8-6-14)22-27(23,24)18-12(2)21-25-13(18)3/h4-10,22H,1-3H3. The highest BCUT2D eigenvalue weighted by Gasteiger charge is 2.24. The molecule has 2 heterocycles. The number of fused-ring (bicyclic) bond motifs is 1. The molecule has 0 aliphatic heterocycles. The van der Waals surface area contributed by atoms with Gasteiger partial charge in [0.1, 0.15) is 10.7 Å². The first-order valence-electron chi connectivity index (χ1n) is 8.27. The maximum Gasteiger partial charge on any atom is 0.267 e. The van der Waals surface area contributed by atoms with Gasteiger partial charge in [-0.1, -0.05) is 11.2 Å². The Kier molecular flexibility index (Phi) is 4.24. The summed E-state index contributed by atoms with van der Waals surface area (Å²) in [6.45, 7) is 5.23. The Morgan fingerprint density at radius 1 is 1.04 bits per heavy atom. The molecular weight excluding hydrogens is 382 g/mol. The summed E-state index contributed by atoms with van der Waals surface area (Å²) in [6, 6.07) is 13.3. The number of hydrogen-bond acceptors (Lipinski definition) is 6. The molecule has 1 N–H and O–H groups in total. The van der Waals surface area contributed by atoms with Gasteiger partial charge < -0.3 is 4.52 Å². The molecule has 0 bridgehead atoms. The molecule has 0 saturated carbocycles. The Labute approximate surface area is 160 Å². The van der Waals surface area contributed by atoms with Crippen molar-refractivity contribution >= 4 is 37.3 Å². The first-order valence-corrected chi connectivity index (χ1v) is 10.6. The number of benzene rings is 2. The average molecular weight is 399 g/mol. The van der Waals surface area contributed by atoms with Crippen molar-refractivity contribution in [1.82, 2.24) is 10.1 Å². The smallest absolute Gasteiger partial charge is 0.267 e. The summed E-state index contributed by atoms with van der Waals surface area (Å²) in [5.74, 6) is 0.265. The van der Waals surface area contributed by atoms with Crippen LogP contribution >= 0.6 is 11.3 Å². The normalized spacial score (nSPS) is 11.8. The van der Waals surface area contributed by atoms with Crippen molar-refractivity contribution in [2.75, 3.05) is 4.72 Å². The summed E-state index contributed by atoms with van der Waals surface area (Å²) in [6.07, 6.45) is 0. The molecule has 2 aromatic heterocycles. The summed E-state index contributed by atoms with van der Waals surface area (Å²) in [7, 11) is -3.75. The second-order valence-corrected chi connectivity index (χ2v) is 8.98. The summed E-state index contributed by atoms with van der Waals surface area (Å²) >= 11 is 1.62. The molecule has 138 valence electrons. The van der Waals surface area contributed by atoms with E-state index in [2.05, 4.69) is 27.9 Å². The Morgan fingerprint density at radius 2 is 1.78 bits per heavy atom. The van der Waals surface area contributed by atoms with E-state index in [1.54, 1.807) is 37.3 Å². The summed E-state index contributed by atoms with van der Waals surface area (Å²) in [4.78, 5) is 4.73. The van der Waals surface area contributed by atoms with Gasteiger partial charge >= 0.3 is 0 Å². The van der Waals surface area contributed by atoms with Crippen LogP contribution in [0.3, 0.4) is 0 Å². The van der Waals surface area contributed by atoms with E-state index in [-0.39, 0.29) is 10.7 Å². The van der Waals surface area contributed by atoms with Crippen LogP contribution in [0.1, 0.15) is 17.0 Å². The third-order valence-electron chi connectivity index (χ3n) is 4.16. The van der Waals surface area contributed by atoms with Gasteiger partial charge in [0.15, 0.2) is 10.7 Å². The lowest BCUT2D eigenvalue weighted by Gasteiger charge is -2.08. The fourth-order valence-corrected chi connectivity index (χ4v) is 5.36. The topological polar surface area (TPSA) is 85.1 Å². The van der Waals surface area contributed by atoms with Crippen molar-refractivity contribution in [2.45, 2.75) is 25.7 Å². The third-order valence-corrected chi connectivity index (χ3v) is 6.86. The van der Waals surface area contributed by atoms with Crippen molar-refractivity contribution in [3.05, 3.63) is 59.5 Å². The van der Waals surface area contributed by atoms with Crippen LogP contribution in [0.15, 0.2) is 51.9 Å². The monoisotopic (exact) mass is 399 g/mol. The third kappa shape index (κ3) is 3.33. The molecule has 0 saturated heterocycles. The van der Waals surface area contributed by atoms with Gasteiger partial charge in [0, 0.05) is 11.3 Å². The molecular formula is C19H17N3O3S2. The number of sulfonamides is 1. The zero-order valence-corrected chi connectivity index (χ0v) is 16.6. The quantitative estimate of drug-likeness (QED) is 0.539. The van der Waals surface area contributed by atoms with Gasteiger partial charge in [-0.05, 0) is 62.7 Å². The minimum absolute atomic E-state index is 0.0770. The van der Waals surface area contributed by atoms with E-state index >= 15 is 0 Å². The van der Waals surface area contributed by atoms with E-state index in [1.165, 1.54) is 5.56 Å². The fraction of sp³-hybridized carbons (Fsp3) is 0.158. The number of nitrogens with one attached hydrogen (secondary N) is 1. The van der Waals surface area contributed by atoms with Gasteiger partial charge in [-0.15, -0.1) is 11.3 Å². The van der Waals surface area contributed by atoms with Crippen LogP contribution in [-0.2, 0) is 10.0 Å². The number of rotatable bonds is 4. The van der Waals surface area contributed by atoms with Gasteiger partial charge in [-0.3, -0.25) is 4.72 Å². The maximum atomic E-state index is 12.6. The molecule has 0 fully saturated rings. The molecule has 0 aliphatic carbocycles. The van der Waals surface area contributed by atoms with Gasteiger partial charge in [0.05, 0.1) is 10.2 Å². The van der Waals surface area contributed by atoms with Crippen molar-refractivity contribution in [1.29, 1.82) is 0 Å². The second-order valence-electron chi connectivity index (χ2n) is 6.33. The van der Waals surface area contributed by atoms with E-state index in [4.69, 9.17) is 4.52 Å². The van der Waals surface area contributed by atoms with Gasteiger partial charge in [-0.25, -0.2) is 13.4 Å². The Hall–Kier alpha value is -2.71. The lowest BCUT2D eigenvalue weighted by Crippen LogP contribution is -2.14. The molecule has 0 spiro atoms. The fourth-order valence-electron chi connectivity index (χ4n) is 2.90. The number of aryl methyl sites for hydroxylation is 3. The van der Waals surface area contributed by atoms with Crippen molar-refractivity contribution in [3.8, 4) is 10.6 Å². The maximum absolute atomic E-state index is 12.6. The van der Waals surface area contributed by atoms with Crippen LogP contribution in [0.5, 0.6) is 0 Å². The summed E-state index contributed by atoms with van der Waals surface area (Å²) < 4.78 is 33.8. The minimum Gasteiger partial charge on any atom is -0.360 e. The predicted octanol–water partition coefficient (Wildman–Crippen LogP) is 4.68. The minimum atomic E-state index is -3.75. The van der Waals surface area contributed by atoms with Crippen LogP contribution in [0, 0.1) is 20.8 Å².